The lowest BCUT2D eigenvalue weighted by molar-refractivity contribution is -0.132. The smallest absolute Gasteiger partial charge is 0.249 e. The fourth-order valence-corrected chi connectivity index (χ4v) is 10.6. The van der Waals surface area contributed by atoms with Crippen molar-refractivity contribution in [2.75, 3.05) is 6.61 Å². The van der Waals surface area contributed by atoms with Gasteiger partial charge >= 0.3 is 0 Å². The first-order valence-electron chi connectivity index (χ1n) is 32.6. The lowest BCUT2D eigenvalue weighted by atomic mass is 9.99. The summed E-state index contributed by atoms with van der Waals surface area (Å²) in [5.74, 6) is -0.577. The molecule has 4 unspecified atom stereocenters. The fourth-order valence-electron chi connectivity index (χ4n) is 10.6. The Balaban J connectivity index is 3.49. The van der Waals surface area contributed by atoms with E-state index in [9.17, 15) is 25.2 Å². The summed E-state index contributed by atoms with van der Waals surface area (Å²) < 4.78 is 0. The minimum Gasteiger partial charge on any atom is -0.394 e. The van der Waals surface area contributed by atoms with Gasteiger partial charge in [0.1, 0.15) is 12.2 Å². The number of unbranched alkanes of at least 4 members (excludes halogenated alkanes) is 50. The Labute approximate surface area is 444 Å². The molecule has 71 heavy (non-hydrogen) atoms. The van der Waals surface area contributed by atoms with Crippen molar-refractivity contribution in [1.29, 1.82) is 0 Å². The van der Waals surface area contributed by atoms with E-state index in [4.69, 9.17) is 0 Å². The second kappa shape index (κ2) is 59.9. The third-order valence-electron chi connectivity index (χ3n) is 15.7. The number of hydrogen-bond acceptors (Lipinski definition) is 5. The van der Waals surface area contributed by atoms with Crippen molar-refractivity contribution in [3.05, 3.63) is 12.2 Å². The maximum Gasteiger partial charge on any atom is 0.249 e. The van der Waals surface area contributed by atoms with Crippen molar-refractivity contribution < 1.29 is 25.2 Å². The Hall–Kier alpha value is -0.950. The van der Waals surface area contributed by atoms with Crippen LogP contribution in [0.25, 0.3) is 0 Å². The van der Waals surface area contributed by atoms with Gasteiger partial charge in [0, 0.05) is 0 Å². The molecular formula is C65H129NO5. The van der Waals surface area contributed by atoms with E-state index in [1.54, 1.807) is 0 Å². The number of aliphatic hydroxyl groups excluding tert-OH is 4. The highest BCUT2D eigenvalue weighted by molar-refractivity contribution is 5.80. The first kappa shape index (κ1) is 70.1. The van der Waals surface area contributed by atoms with Gasteiger partial charge < -0.3 is 25.7 Å². The van der Waals surface area contributed by atoms with Crippen molar-refractivity contribution in [3.63, 3.8) is 0 Å². The maximum atomic E-state index is 12.6. The van der Waals surface area contributed by atoms with Crippen LogP contribution in [-0.2, 0) is 4.79 Å². The Kier molecular flexibility index (Phi) is 59.1. The number of carbonyl (C=O) groups is 1. The molecule has 0 rings (SSSR count). The van der Waals surface area contributed by atoms with Crippen LogP contribution in [0.2, 0.25) is 0 Å². The monoisotopic (exact) mass is 1000 g/mol. The van der Waals surface area contributed by atoms with E-state index in [1.807, 2.05) is 0 Å². The van der Waals surface area contributed by atoms with Crippen LogP contribution in [0.1, 0.15) is 367 Å². The zero-order chi connectivity index (χ0) is 51.6. The van der Waals surface area contributed by atoms with Crippen molar-refractivity contribution >= 4 is 5.91 Å². The van der Waals surface area contributed by atoms with E-state index in [0.29, 0.717) is 12.8 Å². The van der Waals surface area contributed by atoms with Gasteiger partial charge in [-0.25, -0.2) is 0 Å². The van der Waals surface area contributed by atoms with Gasteiger partial charge in [0.05, 0.1) is 18.8 Å². The van der Waals surface area contributed by atoms with Crippen LogP contribution >= 0.6 is 0 Å². The van der Waals surface area contributed by atoms with Gasteiger partial charge in [-0.15, -0.1) is 0 Å². The molecule has 1 amide bonds. The summed E-state index contributed by atoms with van der Waals surface area (Å²) >= 11 is 0. The Morgan fingerprint density at radius 1 is 0.338 bits per heavy atom. The van der Waals surface area contributed by atoms with E-state index in [2.05, 4.69) is 31.3 Å². The standard InChI is InChI=1S/C65H129NO5/c1-3-5-7-9-11-13-15-17-19-21-22-23-24-25-26-27-28-29-30-31-32-33-34-35-36-37-38-39-40-41-43-45-47-49-51-53-55-57-59-63(69)65(71)66-61(60-67)64(70)62(68)58-56-54-52-50-48-46-44-42-20-18-16-14-12-10-8-6-4-2/h31-32,61-64,67-70H,3-30,33-60H2,1-2H3,(H,66,71)/b32-31-. The van der Waals surface area contributed by atoms with Crippen molar-refractivity contribution in [2.45, 2.75) is 391 Å². The molecule has 5 N–H and O–H groups in total. The summed E-state index contributed by atoms with van der Waals surface area (Å²) in [5, 5.41) is 44.1. The van der Waals surface area contributed by atoms with Crippen LogP contribution in [0.5, 0.6) is 0 Å². The highest BCUT2D eigenvalue weighted by atomic mass is 16.3. The summed E-state index contributed by atoms with van der Waals surface area (Å²) in [4.78, 5) is 12.6. The van der Waals surface area contributed by atoms with Gasteiger partial charge in [0.2, 0.25) is 5.91 Å². The molecule has 0 aromatic rings. The summed E-state index contributed by atoms with van der Waals surface area (Å²) in [6.45, 7) is 4.10. The molecule has 0 bridgehead atoms. The highest BCUT2D eigenvalue weighted by Crippen LogP contribution is 2.19. The van der Waals surface area contributed by atoms with Gasteiger partial charge in [-0.05, 0) is 38.5 Å². The largest absolute Gasteiger partial charge is 0.394 e. The molecule has 4 atom stereocenters. The molecule has 0 aromatic heterocycles. The second-order valence-corrected chi connectivity index (χ2v) is 22.8. The molecule has 6 heteroatoms. The summed E-state index contributed by atoms with van der Waals surface area (Å²) in [7, 11) is 0. The fraction of sp³-hybridized carbons (Fsp3) is 0.954. The van der Waals surface area contributed by atoms with Crippen LogP contribution in [-0.4, -0.2) is 57.3 Å². The zero-order valence-electron chi connectivity index (χ0n) is 48.3. The van der Waals surface area contributed by atoms with Crippen LogP contribution < -0.4 is 5.32 Å². The molecule has 0 radical (unpaired) electrons. The van der Waals surface area contributed by atoms with Crippen LogP contribution in [0.3, 0.4) is 0 Å². The number of nitrogens with one attached hydrogen (secondary N) is 1. The molecule has 0 spiro atoms. The number of amides is 1. The average Bonchev–Trinajstić information content (AvgIpc) is 3.38. The SMILES string of the molecule is CCCCCCCCCCCCCCCCCCCC/C=C\CCCCCCCCCCCCCCCCCCC(O)C(=O)NC(CO)C(O)C(O)CCCCCCCCCCCCCCCCCCC. The molecule has 0 aliphatic rings. The number of rotatable bonds is 61. The lowest BCUT2D eigenvalue weighted by Gasteiger charge is -2.27. The van der Waals surface area contributed by atoms with Gasteiger partial charge in [0.25, 0.3) is 0 Å². The molecule has 0 saturated heterocycles. The first-order valence-corrected chi connectivity index (χ1v) is 32.6. The number of carbonyl (C=O) groups excluding carboxylic acids is 1. The predicted molar refractivity (Wildman–Crippen MR) is 311 cm³/mol. The van der Waals surface area contributed by atoms with Gasteiger partial charge in [-0.2, -0.15) is 0 Å². The van der Waals surface area contributed by atoms with Crippen molar-refractivity contribution in [2.24, 2.45) is 0 Å². The number of hydrogen-bond donors (Lipinski definition) is 5. The third-order valence-corrected chi connectivity index (χ3v) is 15.7. The first-order chi connectivity index (χ1) is 35.0. The molecule has 0 fully saturated rings. The number of aliphatic hydroxyl groups is 4. The van der Waals surface area contributed by atoms with Crippen LogP contribution in [0.15, 0.2) is 12.2 Å². The van der Waals surface area contributed by atoms with Crippen LogP contribution in [0.4, 0.5) is 0 Å². The normalized spacial score (nSPS) is 13.6. The Bertz CT molecular complexity index is 1040. The van der Waals surface area contributed by atoms with Gasteiger partial charge in [0.15, 0.2) is 0 Å². The summed E-state index contributed by atoms with van der Waals surface area (Å²) in [6, 6.07) is -0.983. The molecular weight excluding hydrogens is 875 g/mol. The minimum absolute atomic E-state index is 0.374. The van der Waals surface area contributed by atoms with E-state index in [0.717, 1.165) is 38.5 Å². The van der Waals surface area contributed by atoms with E-state index in [1.165, 1.54) is 302 Å². The average molecular weight is 1000 g/mol. The van der Waals surface area contributed by atoms with E-state index in [-0.39, 0.29) is 0 Å². The molecule has 0 saturated carbocycles. The minimum atomic E-state index is -1.26. The summed E-state index contributed by atoms with van der Waals surface area (Å²) in [5.41, 5.74) is 0. The maximum absolute atomic E-state index is 12.6. The molecule has 0 aromatic carbocycles. The Morgan fingerprint density at radius 2 is 0.563 bits per heavy atom. The predicted octanol–water partition coefficient (Wildman–Crippen LogP) is 19.6. The second-order valence-electron chi connectivity index (χ2n) is 22.8. The van der Waals surface area contributed by atoms with Crippen LogP contribution in [0, 0.1) is 0 Å². The zero-order valence-corrected chi connectivity index (χ0v) is 48.3. The number of allylic oxidation sites excluding steroid dienone is 2. The lowest BCUT2D eigenvalue weighted by Crippen LogP contribution is -2.53. The van der Waals surface area contributed by atoms with E-state index < -0.39 is 36.9 Å². The van der Waals surface area contributed by atoms with Crippen molar-refractivity contribution in [1.82, 2.24) is 5.32 Å². The molecule has 0 heterocycles. The third kappa shape index (κ3) is 53.7. The molecule has 6 nitrogen and oxygen atoms in total. The molecule has 0 aliphatic heterocycles. The molecule has 424 valence electrons. The Morgan fingerprint density at radius 3 is 0.817 bits per heavy atom. The van der Waals surface area contributed by atoms with Crippen molar-refractivity contribution in [3.8, 4) is 0 Å². The van der Waals surface area contributed by atoms with E-state index >= 15 is 0 Å². The quantitative estimate of drug-likeness (QED) is 0.0308. The summed E-state index contributed by atoms with van der Waals surface area (Å²) in [6.07, 6.45) is 73.3. The van der Waals surface area contributed by atoms with Gasteiger partial charge in [-0.1, -0.05) is 341 Å². The highest BCUT2D eigenvalue weighted by Gasteiger charge is 2.28. The molecule has 0 aliphatic carbocycles. The van der Waals surface area contributed by atoms with Gasteiger partial charge in [-0.3, -0.25) is 4.79 Å². The topological polar surface area (TPSA) is 110 Å².